The molecule has 1 aromatic rings. The minimum atomic E-state index is -0.0519. The maximum atomic E-state index is 12.4. The van der Waals surface area contributed by atoms with Crippen molar-refractivity contribution in [1.29, 1.82) is 0 Å². The van der Waals surface area contributed by atoms with Gasteiger partial charge in [0, 0.05) is 23.5 Å². The van der Waals surface area contributed by atoms with Crippen molar-refractivity contribution in [2.24, 2.45) is 5.92 Å². The number of rotatable bonds is 4. The molecule has 0 saturated carbocycles. The topological polar surface area (TPSA) is 32.3 Å². The lowest BCUT2D eigenvalue weighted by Crippen LogP contribution is -2.34. The standard InChI is InChI=1S/C16H22Cl2N2O.ClH/c1-11(14-4-3-13(17)10-15(14)18)20(2)16(21)9-12-5-7-19-8-6-12;/h3-4,10-12,19H,5-9H2,1-2H3;1H. The summed E-state index contributed by atoms with van der Waals surface area (Å²) in [5.74, 6) is 0.675. The minimum absolute atomic E-state index is 0. The second-order valence-corrected chi connectivity index (χ2v) is 6.59. The molecule has 1 N–H and O–H groups in total. The van der Waals surface area contributed by atoms with Crippen LogP contribution in [-0.4, -0.2) is 30.9 Å². The van der Waals surface area contributed by atoms with Gasteiger partial charge in [0.1, 0.15) is 0 Å². The molecular weight excluding hydrogens is 343 g/mol. The van der Waals surface area contributed by atoms with Crippen LogP contribution < -0.4 is 5.32 Å². The van der Waals surface area contributed by atoms with Gasteiger partial charge in [-0.25, -0.2) is 0 Å². The van der Waals surface area contributed by atoms with Gasteiger partial charge in [-0.05, 0) is 56.5 Å². The maximum absolute atomic E-state index is 12.4. The molecule has 3 nitrogen and oxygen atoms in total. The Labute approximate surface area is 148 Å². The third-order valence-electron chi connectivity index (χ3n) is 4.31. The van der Waals surface area contributed by atoms with Crippen molar-refractivity contribution in [3.63, 3.8) is 0 Å². The average Bonchev–Trinajstić information content (AvgIpc) is 2.47. The van der Waals surface area contributed by atoms with Crippen LogP contribution in [0.2, 0.25) is 10.0 Å². The summed E-state index contributed by atoms with van der Waals surface area (Å²) in [5.41, 5.74) is 0.933. The summed E-state index contributed by atoms with van der Waals surface area (Å²) in [5, 5.41) is 4.54. The fourth-order valence-corrected chi connectivity index (χ4v) is 3.31. The van der Waals surface area contributed by atoms with Crippen LogP contribution in [0.1, 0.15) is 37.8 Å². The molecule has 1 fully saturated rings. The number of hydrogen-bond acceptors (Lipinski definition) is 2. The summed E-state index contributed by atoms with van der Waals surface area (Å²) >= 11 is 12.2. The summed E-state index contributed by atoms with van der Waals surface area (Å²) in [6.45, 7) is 4.02. The van der Waals surface area contributed by atoms with Gasteiger partial charge in [-0.15, -0.1) is 12.4 Å². The predicted molar refractivity (Wildman–Crippen MR) is 95.1 cm³/mol. The van der Waals surface area contributed by atoms with Gasteiger partial charge in [-0.3, -0.25) is 4.79 Å². The first-order chi connectivity index (χ1) is 9.99. The summed E-state index contributed by atoms with van der Waals surface area (Å²) < 4.78 is 0. The highest BCUT2D eigenvalue weighted by Crippen LogP contribution is 2.30. The van der Waals surface area contributed by atoms with Crippen LogP contribution in [0, 0.1) is 5.92 Å². The van der Waals surface area contributed by atoms with E-state index in [-0.39, 0.29) is 24.4 Å². The lowest BCUT2D eigenvalue weighted by Gasteiger charge is -2.29. The van der Waals surface area contributed by atoms with Crippen molar-refractivity contribution in [3.8, 4) is 0 Å². The van der Waals surface area contributed by atoms with Gasteiger partial charge in [0.05, 0.1) is 6.04 Å². The molecule has 1 aliphatic heterocycles. The number of nitrogens with one attached hydrogen (secondary N) is 1. The Bertz CT molecular complexity index is 504. The molecule has 1 saturated heterocycles. The van der Waals surface area contributed by atoms with Crippen LogP contribution in [0.3, 0.4) is 0 Å². The number of amides is 1. The molecule has 0 bridgehead atoms. The Balaban J connectivity index is 0.00000242. The Morgan fingerprint density at radius 3 is 2.59 bits per heavy atom. The minimum Gasteiger partial charge on any atom is -0.339 e. The third kappa shape index (κ3) is 5.02. The highest BCUT2D eigenvalue weighted by molar-refractivity contribution is 6.35. The molecule has 2 rings (SSSR count). The van der Waals surface area contributed by atoms with E-state index in [1.807, 2.05) is 26.1 Å². The van der Waals surface area contributed by atoms with E-state index < -0.39 is 0 Å². The van der Waals surface area contributed by atoms with Gasteiger partial charge < -0.3 is 10.2 Å². The molecule has 1 atom stereocenters. The Kier molecular flexibility index (Phi) is 7.98. The molecule has 22 heavy (non-hydrogen) atoms. The predicted octanol–water partition coefficient (Wildman–Crippen LogP) is 4.32. The molecular formula is C16H23Cl3N2O. The highest BCUT2D eigenvalue weighted by atomic mass is 35.5. The zero-order valence-corrected chi connectivity index (χ0v) is 15.3. The quantitative estimate of drug-likeness (QED) is 0.861. The number of hydrogen-bond donors (Lipinski definition) is 1. The third-order valence-corrected chi connectivity index (χ3v) is 4.87. The summed E-state index contributed by atoms with van der Waals surface area (Å²) in [6.07, 6.45) is 2.78. The normalized spacial score (nSPS) is 16.7. The van der Waals surface area contributed by atoms with Crippen molar-refractivity contribution in [2.75, 3.05) is 20.1 Å². The molecule has 0 aliphatic carbocycles. The Morgan fingerprint density at radius 2 is 2.00 bits per heavy atom. The van der Waals surface area contributed by atoms with E-state index in [4.69, 9.17) is 23.2 Å². The molecule has 1 aliphatic rings. The van der Waals surface area contributed by atoms with Crippen LogP contribution in [0.5, 0.6) is 0 Å². The zero-order valence-electron chi connectivity index (χ0n) is 12.9. The van der Waals surface area contributed by atoms with Gasteiger partial charge in [-0.2, -0.15) is 0 Å². The van der Waals surface area contributed by atoms with Crippen LogP contribution in [0.25, 0.3) is 0 Å². The summed E-state index contributed by atoms with van der Waals surface area (Å²) in [7, 11) is 1.85. The molecule has 0 aromatic heterocycles. The number of halogens is 3. The van der Waals surface area contributed by atoms with E-state index in [0.717, 1.165) is 31.5 Å². The van der Waals surface area contributed by atoms with E-state index in [1.54, 1.807) is 11.0 Å². The number of nitrogens with zero attached hydrogens (tertiary/aromatic N) is 1. The fraction of sp³-hybridized carbons (Fsp3) is 0.562. The lowest BCUT2D eigenvalue weighted by molar-refractivity contribution is -0.133. The zero-order chi connectivity index (χ0) is 15.4. The van der Waals surface area contributed by atoms with Gasteiger partial charge in [0.15, 0.2) is 0 Å². The van der Waals surface area contributed by atoms with Crippen LogP contribution in [0.15, 0.2) is 18.2 Å². The van der Waals surface area contributed by atoms with Crippen LogP contribution in [-0.2, 0) is 4.79 Å². The van der Waals surface area contributed by atoms with Gasteiger partial charge in [0.2, 0.25) is 5.91 Å². The Hall–Kier alpha value is -0.480. The molecule has 124 valence electrons. The second-order valence-electron chi connectivity index (χ2n) is 5.74. The van der Waals surface area contributed by atoms with Crippen LogP contribution >= 0.6 is 35.6 Å². The first-order valence-corrected chi connectivity index (χ1v) is 8.16. The number of piperidine rings is 1. The van der Waals surface area contributed by atoms with Gasteiger partial charge in [0.25, 0.3) is 0 Å². The smallest absolute Gasteiger partial charge is 0.223 e. The summed E-state index contributed by atoms with van der Waals surface area (Å²) in [4.78, 5) is 14.2. The number of benzene rings is 1. The Morgan fingerprint density at radius 1 is 1.36 bits per heavy atom. The largest absolute Gasteiger partial charge is 0.339 e. The maximum Gasteiger partial charge on any atom is 0.223 e. The average molecular weight is 366 g/mol. The van der Waals surface area contributed by atoms with E-state index in [1.165, 1.54) is 0 Å². The van der Waals surface area contributed by atoms with Gasteiger partial charge in [-0.1, -0.05) is 29.3 Å². The monoisotopic (exact) mass is 364 g/mol. The van der Waals surface area contributed by atoms with Crippen LogP contribution in [0.4, 0.5) is 0 Å². The highest BCUT2D eigenvalue weighted by Gasteiger charge is 2.23. The van der Waals surface area contributed by atoms with Crippen molar-refractivity contribution in [1.82, 2.24) is 10.2 Å². The summed E-state index contributed by atoms with van der Waals surface area (Å²) in [6, 6.07) is 5.37. The SMILES string of the molecule is CC(c1ccc(Cl)cc1Cl)N(C)C(=O)CC1CCNCC1.Cl. The molecule has 0 spiro atoms. The lowest BCUT2D eigenvalue weighted by atomic mass is 9.93. The molecule has 1 amide bonds. The molecule has 6 heteroatoms. The van der Waals surface area contributed by atoms with Crippen molar-refractivity contribution in [3.05, 3.63) is 33.8 Å². The van der Waals surface area contributed by atoms with Gasteiger partial charge >= 0.3 is 0 Å². The van der Waals surface area contributed by atoms with E-state index in [9.17, 15) is 4.79 Å². The van der Waals surface area contributed by atoms with Crippen molar-refractivity contribution in [2.45, 2.75) is 32.2 Å². The van der Waals surface area contributed by atoms with Crippen molar-refractivity contribution >= 4 is 41.5 Å². The first-order valence-electron chi connectivity index (χ1n) is 7.40. The van der Waals surface area contributed by atoms with E-state index in [0.29, 0.717) is 22.4 Å². The molecule has 1 heterocycles. The second kappa shape index (κ2) is 8.97. The number of carbonyl (C=O) groups is 1. The van der Waals surface area contributed by atoms with E-state index in [2.05, 4.69) is 5.32 Å². The van der Waals surface area contributed by atoms with Crippen molar-refractivity contribution < 1.29 is 4.79 Å². The first kappa shape index (κ1) is 19.6. The van der Waals surface area contributed by atoms with E-state index >= 15 is 0 Å². The fourth-order valence-electron chi connectivity index (χ4n) is 2.74. The number of carbonyl (C=O) groups excluding carboxylic acids is 1. The molecule has 1 unspecified atom stereocenters. The molecule has 0 radical (unpaired) electrons. The molecule has 1 aromatic carbocycles.